The Hall–Kier alpha value is -3.67. The Morgan fingerprint density at radius 3 is 0.925 bits per heavy atom. The molecule has 0 aliphatic carbocycles. The minimum Gasteiger partial charge on any atom is -0.462 e. The zero-order valence-electron chi connectivity index (χ0n) is 43.6. The molecule has 0 aromatic heterocycles. The molecule has 6 nitrogen and oxygen atoms in total. The normalized spacial score (nSPS) is 12.8. The predicted octanol–water partition coefficient (Wildman–Crippen LogP) is 18.5. The number of rotatable bonds is 49. The van der Waals surface area contributed by atoms with Crippen LogP contribution in [0.15, 0.2) is 97.2 Å². The summed E-state index contributed by atoms with van der Waals surface area (Å²) in [6, 6.07) is 0. The summed E-state index contributed by atoms with van der Waals surface area (Å²) in [4.78, 5) is 38.1. The molecule has 0 aromatic carbocycles. The monoisotopic (exact) mass is 931 g/mol. The molecule has 1 atom stereocenters. The third-order valence-electron chi connectivity index (χ3n) is 11.6. The van der Waals surface area contributed by atoms with Gasteiger partial charge in [0.15, 0.2) is 6.10 Å². The lowest BCUT2D eigenvalue weighted by atomic mass is 10.0. The summed E-state index contributed by atoms with van der Waals surface area (Å²) in [5.41, 5.74) is 0. The largest absolute Gasteiger partial charge is 0.462 e. The Balaban J connectivity index is 4.46. The minimum absolute atomic E-state index is 0.0963. The van der Waals surface area contributed by atoms with E-state index < -0.39 is 6.10 Å². The maximum absolute atomic E-state index is 12.8. The van der Waals surface area contributed by atoms with Crippen molar-refractivity contribution in [3.63, 3.8) is 0 Å². The van der Waals surface area contributed by atoms with E-state index in [1.807, 2.05) is 0 Å². The number of carbonyl (C=O) groups excluding carboxylic acids is 3. The van der Waals surface area contributed by atoms with Crippen LogP contribution in [0.1, 0.15) is 252 Å². The molecule has 0 radical (unpaired) electrons. The third-order valence-corrected chi connectivity index (χ3v) is 11.6. The van der Waals surface area contributed by atoms with Crippen molar-refractivity contribution >= 4 is 17.9 Å². The topological polar surface area (TPSA) is 78.9 Å². The quantitative estimate of drug-likeness (QED) is 0.0262. The first-order valence-electron chi connectivity index (χ1n) is 27.7. The van der Waals surface area contributed by atoms with Crippen molar-refractivity contribution in [2.24, 2.45) is 0 Å². The van der Waals surface area contributed by atoms with Gasteiger partial charge in [-0.1, -0.05) is 234 Å². The van der Waals surface area contributed by atoms with Crippen LogP contribution in [0.5, 0.6) is 0 Å². The number of carbonyl (C=O) groups is 3. The van der Waals surface area contributed by atoms with E-state index in [1.54, 1.807) is 0 Å². The molecular formula is C61H102O6. The second-order valence-corrected chi connectivity index (χ2v) is 18.1. The molecule has 382 valence electrons. The smallest absolute Gasteiger partial charge is 0.306 e. The van der Waals surface area contributed by atoms with E-state index in [4.69, 9.17) is 14.2 Å². The zero-order chi connectivity index (χ0) is 48.6. The summed E-state index contributed by atoms with van der Waals surface area (Å²) in [6.45, 7) is 6.38. The number of allylic oxidation sites excluding steroid dienone is 16. The van der Waals surface area contributed by atoms with Crippen LogP contribution in [-0.2, 0) is 28.6 Å². The summed E-state index contributed by atoms with van der Waals surface area (Å²) in [7, 11) is 0. The first kappa shape index (κ1) is 63.3. The summed E-state index contributed by atoms with van der Waals surface area (Å²) < 4.78 is 16.8. The Kier molecular flexibility index (Phi) is 51.9. The number of hydrogen-bond acceptors (Lipinski definition) is 6. The van der Waals surface area contributed by atoms with Crippen molar-refractivity contribution in [1.82, 2.24) is 0 Å². The van der Waals surface area contributed by atoms with Gasteiger partial charge >= 0.3 is 17.9 Å². The molecule has 0 saturated carbocycles. The van der Waals surface area contributed by atoms with E-state index in [-0.39, 0.29) is 31.1 Å². The molecule has 0 aromatic rings. The average molecular weight is 931 g/mol. The van der Waals surface area contributed by atoms with E-state index in [0.717, 1.165) is 135 Å². The van der Waals surface area contributed by atoms with Crippen molar-refractivity contribution in [3.8, 4) is 0 Å². The van der Waals surface area contributed by atoms with Crippen LogP contribution >= 0.6 is 0 Å². The molecule has 0 bridgehead atoms. The summed E-state index contributed by atoms with van der Waals surface area (Å²) in [5, 5.41) is 0. The van der Waals surface area contributed by atoms with Crippen LogP contribution in [0.3, 0.4) is 0 Å². The minimum atomic E-state index is -0.798. The van der Waals surface area contributed by atoms with Crippen molar-refractivity contribution in [2.75, 3.05) is 13.2 Å². The van der Waals surface area contributed by atoms with Crippen LogP contribution in [0.2, 0.25) is 0 Å². The Bertz CT molecular complexity index is 1350. The van der Waals surface area contributed by atoms with Gasteiger partial charge in [0, 0.05) is 19.3 Å². The number of unbranched alkanes of at least 4 members (excludes halogenated alkanes) is 22. The zero-order valence-corrected chi connectivity index (χ0v) is 43.6. The first-order chi connectivity index (χ1) is 33.0. The van der Waals surface area contributed by atoms with Crippen LogP contribution < -0.4 is 0 Å². The van der Waals surface area contributed by atoms with Crippen molar-refractivity contribution in [1.29, 1.82) is 0 Å². The molecule has 67 heavy (non-hydrogen) atoms. The molecule has 0 heterocycles. The van der Waals surface area contributed by atoms with Gasteiger partial charge in [-0.2, -0.15) is 0 Å². The van der Waals surface area contributed by atoms with E-state index in [0.29, 0.717) is 19.3 Å². The lowest BCUT2D eigenvalue weighted by Crippen LogP contribution is -2.30. The van der Waals surface area contributed by atoms with Gasteiger partial charge in [0.05, 0.1) is 0 Å². The Morgan fingerprint density at radius 1 is 0.313 bits per heavy atom. The highest BCUT2D eigenvalue weighted by atomic mass is 16.6. The Labute approximate surface area is 413 Å². The van der Waals surface area contributed by atoms with Gasteiger partial charge in [-0.3, -0.25) is 14.4 Å². The molecule has 0 N–H and O–H groups in total. The molecular weight excluding hydrogens is 829 g/mol. The van der Waals surface area contributed by atoms with E-state index in [2.05, 4.69) is 118 Å². The van der Waals surface area contributed by atoms with Crippen molar-refractivity contribution < 1.29 is 28.6 Å². The summed E-state index contributed by atoms with van der Waals surface area (Å²) >= 11 is 0. The summed E-state index contributed by atoms with van der Waals surface area (Å²) in [6.07, 6.45) is 72.5. The fourth-order valence-corrected chi connectivity index (χ4v) is 7.48. The number of esters is 3. The van der Waals surface area contributed by atoms with E-state index in [9.17, 15) is 14.4 Å². The lowest BCUT2D eigenvalue weighted by molar-refractivity contribution is -0.167. The fourth-order valence-electron chi connectivity index (χ4n) is 7.48. The first-order valence-corrected chi connectivity index (χ1v) is 27.7. The van der Waals surface area contributed by atoms with Crippen molar-refractivity contribution in [2.45, 2.75) is 258 Å². The molecule has 0 amide bonds. The van der Waals surface area contributed by atoms with Gasteiger partial charge in [0.25, 0.3) is 0 Å². The van der Waals surface area contributed by atoms with Gasteiger partial charge in [0.1, 0.15) is 13.2 Å². The second-order valence-electron chi connectivity index (χ2n) is 18.1. The average Bonchev–Trinajstić information content (AvgIpc) is 3.33. The molecule has 0 unspecified atom stereocenters. The van der Waals surface area contributed by atoms with Crippen LogP contribution in [0.25, 0.3) is 0 Å². The molecule has 0 aliphatic heterocycles. The number of hydrogen-bond donors (Lipinski definition) is 0. The van der Waals surface area contributed by atoms with Crippen molar-refractivity contribution in [3.05, 3.63) is 97.2 Å². The maximum atomic E-state index is 12.8. The van der Waals surface area contributed by atoms with Gasteiger partial charge in [0.2, 0.25) is 0 Å². The van der Waals surface area contributed by atoms with E-state index in [1.165, 1.54) is 77.0 Å². The standard InChI is InChI=1S/C61H102O6/c1-4-7-10-13-16-19-22-25-28-29-30-31-34-36-39-42-45-48-51-54-60(63)66-57-58(67-61(64)55-52-49-46-43-40-37-33-27-24-21-18-15-12-9-6-3)56-65-59(62)53-50-47-44-41-38-35-32-26-23-20-17-14-11-8-5-2/h7-8,10-11,16-17,19-20,25-26,28,30-32,36,39,58H,4-6,9,12-15,18,21-24,27,29,33-35,37-38,40-57H2,1-3H3/b10-7-,11-8-,19-16-,20-17-,28-25-,31-30-,32-26-,39-36-/t58-/m0/s1. The third kappa shape index (κ3) is 53.2. The highest BCUT2D eigenvalue weighted by Crippen LogP contribution is 2.15. The number of ether oxygens (including phenoxy) is 3. The van der Waals surface area contributed by atoms with Crippen LogP contribution in [0, 0.1) is 0 Å². The van der Waals surface area contributed by atoms with Gasteiger partial charge in [-0.15, -0.1) is 0 Å². The predicted molar refractivity (Wildman–Crippen MR) is 288 cm³/mol. The molecule has 0 fully saturated rings. The lowest BCUT2D eigenvalue weighted by Gasteiger charge is -2.18. The second kappa shape index (κ2) is 54.9. The summed E-state index contributed by atoms with van der Waals surface area (Å²) in [5.74, 6) is -0.941. The highest BCUT2D eigenvalue weighted by Gasteiger charge is 2.19. The molecule has 0 spiro atoms. The van der Waals surface area contributed by atoms with Crippen LogP contribution in [-0.4, -0.2) is 37.2 Å². The van der Waals surface area contributed by atoms with Gasteiger partial charge in [-0.25, -0.2) is 0 Å². The highest BCUT2D eigenvalue weighted by molar-refractivity contribution is 5.71. The van der Waals surface area contributed by atoms with Crippen LogP contribution in [0.4, 0.5) is 0 Å². The Morgan fingerprint density at radius 2 is 0.582 bits per heavy atom. The van der Waals surface area contributed by atoms with Gasteiger partial charge < -0.3 is 14.2 Å². The fraction of sp³-hybridized carbons (Fsp3) is 0.689. The molecule has 6 heteroatoms. The molecule has 0 saturated heterocycles. The van der Waals surface area contributed by atoms with Gasteiger partial charge in [-0.05, 0) is 96.3 Å². The van der Waals surface area contributed by atoms with E-state index >= 15 is 0 Å². The SMILES string of the molecule is CC/C=C\C/C=C\C/C=C\C/C=C\C/C=C\CCCCCC(=O)OC[C@H](COC(=O)CCCCCCC/C=C\C/C=C\C/C=C\CC)OC(=O)CCCCCCCCCCCCCCCCC. The molecule has 0 aliphatic rings. The molecule has 0 rings (SSSR count). The maximum Gasteiger partial charge on any atom is 0.306 e.